The monoisotopic (exact) mass is 384 g/mol. The van der Waals surface area contributed by atoms with E-state index < -0.39 is 13.1 Å². The molecule has 0 amide bonds. The first-order valence-electron chi connectivity index (χ1n) is 9.12. The molecular weight excluding hydrogens is 359 g/mol. The number of hydrogen-bond acceptors (Lipinski definition) is 6. The summed E-state index contributed by atoms with van der Waals surface area (Å²) in [7, 11) is 0.710. The second-order valence-corrected chi connectivity index (χ2v) is 6.35. The maximum atomic E-state index is 11.0. The Labute approximate surface area is 164 Å². The van der Waals surface area contributed by atoms with E-state index in [4.69, 9.17) is 9.76 Å². The lowest BCUT2D eigenvalue weighted by molar-refractivity contribution is 0.0694. The number of carbonyl (C=O) groups excluding carboxylic acids is 1. The van der Waals surface area contributed by atoms with Gasteiger partial charge in [0.2, 0.25) is 0 Å². The molecule has 1 heterocycles. The highest BCUT2D eigenvalue weighted by Gasteiger charge is 2.35. The number of carbonyl (C=O) groups is 2. The summed E-state index contributed by atoms with van der Waals surface area (Å²) >= 11 is 0. The van der Waals surface area contributed by atoms with Gasteiger partial charge in [0.25, 0.3) is 0 Å². The predicted octanol–water partition coefficient (Wildman–Crippen LogP) is 1.54. The van der Waals surface area contributed by atoms with Gasteiger partial charge in [-0.15, -0.1) is 0 Å². The van der Waals surface area contributed by atoms with E-state index in [1.165, 1.54) is 6.07 Å². The van der Waals surface area contributed by atoms with Crippen LogP contribution in [0, 0.1) is 0 Å². The topological polar surface area (TPSA) is 108 Å². The Hall–Kier alpha value is -2.68. The van der Waals surface area contributed by atoms with Crippen LogP contribution >= 0.6 is 0 Å². The Morgan fingerprint density at radius 3 is 2.71 bits per heavy atom. The van der Waals surface area contributed by atoms with Gasteiger partial charge in [-0.2, -0.15) is 0 Å². The van der Waals surface area contributed by atoms with Gasteiger partial charge in [0.05, 0.1) is 11.5 Å². The Morgan fingerprint density at radius 2 is 2.07 bits per heavy atom. The normalized spacial score (nSPS) is 15.0. The fourth-order valence-electron chi connectivity index (χ4n) is 2.88. The molecule has 0 bridgehead atoms. The first-order chi connectivity index (χ1) is 13.5. The lowest BCUT2D eigenvalue weighted by Gasteiger charge is -2.27. The van der Waals surface area contributed by atoms with Crippen molar-refractivity contribution in [3.8, 4) is 5.75 Å². The van der Waals surface area contributed by atoms with Crippen LogP contribution in [0.15, 0.2) is 42.5 Å². The maximum Gasteiger partial charge on any atom is 0.541 e. The van der Waals surface area contributed by atoms with Crippen LogP contribution in [0.4, 0.5) is 0 Å². The lowest BCUT2D eigenvalue weighted by atomic mass is 9.72. The second-order valence-electron chi connectivity index (χ2n) is 6.35. The van der Waals surface area contributed by atoms with Crippen LogP contribution in [0.3, 0.4) is 0 Å². The third kappa shape index (κ3) is 5.66. The highest BCUT2D eigenvalue weighted by atomic mass is 16.5. The van der Waals surface area contributed by atoms with Crippen molar-refractivity contribution in [1.29, 1.82) is 0 Å². The summed E-state index contributed by atoms with van der Waals surface area (Å²) in [6.45, 7) is 3.84. The van der Waals surface area contributed by atoms with Crippen molar-refractivity contribution in [2.24, 2.45) is 0 Å². The van der Waals surface area contributed by atoms with Gasteiger partial charge in [0.1, 0.15) is 12.0 Å². The molecule has 2 aromatic carbocycles. The van der Waals surface area contributed by atoms with Crippen LogP contribution in [0.5, 0.6) is 5.75 Å². The number of para-hydroxylation sites is 1. The summed E-state index contributed by atoms with van der Waals surface area (Å²) in [6.07, 6.45) is 1.42. The highest BCUT2D eigenvalue weighted by Crippen LogP contribution is 2.29. The number of aromatic carboxylic acids is 1. The van der Waals surface area contributed by atoms with Gasteiger partial charge in [0, 0.05) is 12.1 Å². The van der Waals surface area contributed by atoms with E-state index in [0.29, 0.717) is 6.42 Å². The molecule has 4 N–H and O–H groups in total. The minimum absolute atomic E-state index is 0.0890. The van der Waals surface area contributed by atoms with Gasteiger partial charge < -0.3 is 25.4 Å². The highest BCUT2D eigenvalue weighted by molar-refractivity contribution is 6.46. The van der Waals surface area contributed by atoms with Gasteiger partial charge >= 0.3 is 13.1 Å². The summed E-state index contributed by atoms with van der Waals surface area (Å²) in [6, 6.07) is 12.6. The van der Waals surface area contributed by atoms with E-state index in [1.54, 1.807) is 19.2 Å². The molecule has 0 fully saturated rings. The summed E-state index contributed by atoms with van der Waals surface area (Å²) in [5.74, 6) is -0.988. The number of rotatable bonds is 6. The fourth-order valence-corrected chi connectivity index (χ4v) is 2.88. The van der Waals surface area contributed by atoms with Crippen LogP contribution < -0.4 is 15.3 Å². The average Bonchev–Trinajstić information content (AvgIpc) is 2.71. The first-order valence-corrected chi connectivity index (χ1v) is 9.12. The molecule has 2 aromatic rings. The Kier molecular flexibility index (Phi) is 8.19. The van der Waals surface area contributed by atoms with E-state index in [0.717, 1.165) is 36.1 Å². The maximum absolute atomic E-state index is 11.0. The number of nitrogens with one attached hydrogen (secondary N) is 2. The van der Waals surface area contributed by atoms with Crippen LogP contribution in [0.2, 0.25) is 0 Å². The number of carboxylic acids is 1. The predicted molar refractivity (Wildman–Crippen MR) is 108 cm³/mol. The van der Waals surface area contributed by atoms with Crippen LogP contribution in [-0.4, -0.2) is 49.0 Å². The number of hydrogen-bond donors (Lipinski definition) is 4. The number of likely N-dealkylation sites (N-methyl/N-ethyl adjacent to an activating group) is 1. The number of aldehydes is 1. The summed E-state index contributed by atoms with van der Waals surface area (Å²) < 4.78 is 5.24. The zero-order chi connectivity index (χ0) is 20.5. The average molecular weight is 384 g/mol. The number of carboxylic acid groups (broad SMARTS) is 1. The summed E-state index contributed by atoms with van der Waals surface area (Å²) in [4.78, 5) is 21.4. The van der Waals surface area contributed by atoms with E-state index in [-0.39, 0.29) is 17.3 Å². The molecule has 8 heteroatoms. The molecule has 0 saturated carbocycles. The van der Waals surface area contributed by atoms with E-state index >= 15 is 0 Å². The first kappa shape index (κ1) is 21.6. The lowest BCUT2D eigenvalue weighted by Crippen LogP contribution is -2.50. The molecule has 0 aromatic heterocycles. The molecule has 28 heavy (non-hydrogen) atoms. The van der Waals surface area contributed by atoms with Crippen molar-refractivity contribution >= 4 is 19.4 Å². The van der Waals surface area contributed by atoms with Gasteiger partial charge in [-0.05, 0) is 43.3 Å². The summed E-state index contributed by atoms with van der Waals surface area (Å²) in [5.41, 5.74) is 2.78. The molecule has 7 nitrogen and oxygen atoms in total. The molecule has 1 aliphatic rings. The van der Waals surface area contributed by atoms with Crippen molar-refractivity contribution < 1.29 is 24.4 Å². The molecule has 0 saturated heterocycles. The summed E-state index contributed by atoms with van der Waals surface area (Å²) in [5, 5.41) is 24.7. The minimum Gasteiger partial charge on any atom is -0.534 e. The molecule has 1 unspecified atom stereocenters. The largest absolute Gasteiger partial charge is 0.541 e. The van der Waals surface area contributed by atoms with Crippen molar-refractivity contribution in [1.82, 2.24) is 10.6 Å². The van der Waals surface area contributed by atoms with Crippen molar-refractivity contribution in [2.75, 3.05) is 13.6 Å². The number of benzene rings is 2. The van der Waals surface area contributed by atoms with Gasteiger partial charge in [-0.25, -0.2) is 4.79 Å². The zero-order valence-corrected chi connectivity index (χ0v) is 16.0. The molecule has 1 atom stereocenters. The van der Waals surface area contributed by atoms with Crippen molar-refractivity contribution in [2.45, 2.75) is 25.8 Å². The number of fused-ring (bicyclic) bond motifs is 1. The third-order valence-electron chi connectivity index (χ3n) is 4.39. The molecule has 0 spiro atoms. The second kappa shape index (κ2) is 10.6. The molecule has 0 radical (unpaired) electrons. The standard InChI is InChI=1S/C10H12BNO4.C10H13NO/c1-12-8-5-6-3-2-4-7(10(13)14)9(6)16-11(8)15;1-2-11-7-9-4-3-5-10(6-9)8-12/h2-4,8,12,15H,5H2,1H3,(H,13,14);3-6,8,11H,2,7H2,1H3. The van der Waals surface area contributed by atoms with Crippen LogP contribution in [-0.2, 0) is 13.0 Å². The minimum atomic E-state index is -1.05. The molecule has 0 aliphatic carbocycles. The van der Waals surface area contributed by atoms with Gasteiger partial charge in [-0.3, -0.25) is 4.79 Å². The fraction of sp³-hybridized carbons (Fsp3) is 0.300. The van der Waals surface area contributed by atoms with Crippen LogP contribution in [0.1, 0.15) is 38.8 Å². The Morgan fingerprint density at radius 1 is 1.32 bits per heavy atom. The molecule has 1 aliphatic heterocycles. The Balaban J connectivity index is 0.000000209. The Bertz CT molecular complexity index is 815. The van der Waals surface area contributed by atoms with E-state index in [9.17, 15) is 14.6 Å². The molecule has 148 valence electrons. The van der Waals surface area contributed by atoms with E-state index in [1.807, 2.05) is 24.3 Å². The zero-order valence-electron chi connectivity index (χ0n) is 16.0. The van der Waals surface area contributed by atoms with Crippen LogP contribution in [0.25, 0.3) is 0 Å². The van der Waals surface area contributed by atoms with Crippen molar-refractivity contribution in [3.05, 3.63) is 64.7 Å². The SMILES string of the molecule is CCNCc1cccc(C=O)c1.CNC1Cc2cccc(C(=O)O)c2OB1O. The molecular formula is C20H25BN2O5. The smallest absolute Gasteiger partial charge is 0.534 e. The third-order valence-corrected chi connectivity index (χ3v) is 4.39. The quantitative estimate of drug-likeness (QED) is 0.442. The van der Waals surface area contributed by atoms with Crippen molar-refractivity contribution in [3.63, 3.8) is 0 Å². The molecule has 3 rings (SSSR count). The van der Waals surface area contributed by atoms with E-state index in [2.05, 4.69) is 17.6 Å². The van der Waals surface area contributed by atoms with Gasteiger partial charge in [-0.1, -0.05) is 37.3 Å². The van der Waals surface area contributed by atoms with Gasteiger partial charge in [0.15, 0.2) is 0 Å².